The Hall–Kier alpha value is -3.92. The first-order chi connectivity index (χ1) is 12.9. The molecule has 0 atom stereocenters. The van der Waals surface area contributed by atoms with Gasteiger partial charge in [-0.25, -0.2) is 0 Å². The number of anilines is 1. The number of hydrogen-bond acceptors (Lipinski definition) is 4. The number of aryl methyl sites for hydroxylation is 2. The number of nitrogens with two attached hydrogens (primary N) is 1. The summed E-state index contributed by atoms with van der Waals surface area (Å²) in [5, 5.41) is 7.00. The third kappa shape index (κ3) is 4.38. The fourth-order valence-electron chi connectivity index (χ4n) is 2.48. The average molecular weight is 359 g/mol. The zero-order valence-corrected chi connectivity index (χ0v) is 14.9. The van der Waals surface area contributed by atoms with Crippen LogP contribution >= 0.6 is 0 Å². The topological polar surface area (TPSA) is 103 Å². The van der Waals surface area contributed by atoms with Crippen LogP contribution < -0.4 is 11.1 Å². The minimum atomic E-state index is -0.554. The number of primary amides is 1. The molecule has 3 N–H and O–H groups in total. The quantitative estimate of drug-likeness (QED) is 0.697. The van der Waals surface area contributed by atoms with Crippen molar-refractivity contribution in [1.82, 2.24) is 14.8 Å². The molecule has 0 saturated heterocycles. The number of benzene rings is 1. The predicted octanol–water partition coefficient (Wildman–Crippen LogP) is 1.87. The lowest BCUT2D eigenvalue weighted by molar-refractivity contribution is 0.0996. The van der Waals surface area contributed by atoms with Gasteiger partial charge >= 0.3 is 0 Å². The van der Waals surface area contributed by atoms with Crippen LogP contribution in [-0.4, -0.2) is 26.6 Å². The Labute approximate surface area is 156 Å². The summed E-state index contributed by atoms with van der Waals surface area (Å²) in [4.78, 5) is 27.5. The maximum atomic E-state index is 12.4. The molecule has 0 bridgehead atoms. The Kier molecular flexibility index (Phi) is 4.99. The summed E-state index contributed by atoms with van der Waals surface area (Å²) in [6.45, 7) is 1.83. The summed E-state index contributed by atoms with van der Waals surface area (Å²) in [5.41, 5.74) is 8.69. The van der Waals surface area contributed by atoms with Crippen molar-refractivity contribution in [1.29, 1.82) is 0 Å². The van der Waals surface area contributed by atoms with Gasteiger partial charge in [-0.15, -0.1) is 0 Å². The molecule has 0 spiro atoms. The van der Waals surface area contributed by atoms with Crippen LogP contribution in [0.3, 0.4) is 0 Å². The minimum absolute atomic E-state index is 0.249. The Morgan fingerprint density at radius 1 is 1.11 bits per heavy atom. The Bertz CT molecular complexity index is 1090. The van der Waals surface area contributed by atoms with E-state index in [1.807, 2.05) is 13.0 Å². The minimum Gasteiger partial charge on any atom is -0.366 e. The molecule has 3 rings (SSSR count). The summed E-state index contributed by atoms with van der Waals surface area (Å²) in [6.07, 6.45) is 2.94. The molecular formula is C20H17N5O2. The number of carbonyl (C=O) groups is 2. The summed E-state index contributed by atoms with van der Waals surface area (Å²) in [7, 11) is 1.72. The fourth-order valence-corrected chi connectivity index (χ4v) is 2.48. The normalized spacial score (nSPS) is 10.0. The molecule has 134 valence electrons. The van der Waals surface area contributed by atoms with Crippen molar-refractivity contribution < 1.29 is 9.59 Å². The van der Waals surface area contributed by atoms with Gasteiger partial charge in [-0.05, 0) is 37.3 Å². The van der Waals surface area contributed by atoms with E-state index in [1.54, 1.807) is 43.6 Å². The lowest BCUT2D eigenvalue weighted by Gasteiger charge is -2.05. The zero-order valence-electron chi connectivity index (χ0n) is 14.9. The number of rotatable bonds is 3. The van der Waals surface area contributed by atoms with Crippen LogP contribution in [0, 0.1) is 18.8 Å². The summed E-state index contributed by atoms with van der Waals surface area (Å²) in [6, 6.07) is 10.5. The maximum Gasteiger partial charge on any atom is 0.273 e. The van der Waals surface area contributed by atoms with E-state index in [-0.39, 0.29) is 5.91 Å². The molecule has 7 nitrogen and oxygen atoms in total. The van der Waals surface area contributed by atoms with Crippen LogP contribution in [0.4, 0.5) is 5.69 Å². The predicted molar refractivity (Wildman–Crippen MR) is 101 cm³/mol. The number of nitrogens with one attached hydrogen (secondary N) is 1. The molecule has 0 radical (unpaired) electrons. The number of aromatic nitrogens is 3. The Morgan fingerprint density at radius 3 is 2.59 bits per heavy atom. The van der Waals surface area contributed by atoms with E-state index in [9.17, 15) is 9.59 Å². The van der Waals surface area contributed by atoms with Gasteiger partial charge in [0.15, 0.2) is 0 Å². The van der Waals surface area contributed by atoms with Crippen molar-refractivity contribution in [2.45, 2.75) is 6.92 Å². The lowest BCUT2D eigenvalue weighted by Crippen LogP contribution is -2.16. The van der Waals surface area contributed by atoms with E-state index >= 15 is 0 Å². The first-order valence-electron chi connectivity index (χ1n) is 8.11. The zero-order chi connectivity index (χ0) is 19.4. The summed E-state index contributed by atoms with van der Waals surface area (Å²) < 4.78 is 1.53. The van der Waals surface area contributed by atoms with E-state index in [0.717, 1.165) is 5.69 Å². The van der Waals surface area contributed by atoms with Crippen molar-refractivity contribution in [2.75, 3.05) is 5.32 Å². The second kappa shape index (κ2) is 7.54. The van der Waals surface area contributed by atoms with Crippen molar-refractivity contribution in [3.8, 4) is 11.8 Å². The molecule has 3 aromatic rings. The van der Waals surface area contributed by atoms with Gasteiger partial charge in [0.2, 0.25) is 5.91 Å². The smallest absolute Gasteiger partial charge is 0.273 e. The highest BCUT2D eigenvalue weighted by molar-refractivity contribution is 6.03. The summed E-state index contributed by atoms with van der Waals surface area (Å²) >= 11 is 0. The van der Waals surface area contributed by atoms with E-state index in [2.05, 4.69) is 27.2 Å². The molecule has 0 aliphatic rings. The van der Waals surface area contributed by atoms with Gasteiger partial charge in [0, 0.05) is 36.3 Å². The monoisotopic (exact) mass is 359 g/mol. The molecule has 0 aliphatic heterocycles. The van der Waals surface area contributed by atoms with Crippen molar-refractivity contribution in [3.63, 3.8) is 0 Å². The van der Waals surface area contributed by atoms with Crippen molar-refractivity contribution >= 4 is 17.5 Å². The van der Waals surface area contributed by atoms with Gasteiger partial charge in [0.25, 0.3) is 5.91 Å². The van der Waals surface area contributed by atoms with Crippen LogP contribution in [0.1, 0.15) is 37.7 Å². The average Bonchev–Trinajstić information content (AvgIpc) is 2.99. The second-order valence-corrected chi connectivity index (χ2v) is 5.91. The molecule has 0 fully saturated rings. The van der Waals surface area contributed by atoms with Crippen LogP contribution in [0.25, 0.3) is 0 Å². The molecule has 0 saturated carbocycles. The first-order valence-corrected chi connectivity index (χ1v) is 8.11. The Morgan fingerprint density at radius 2 is 1.89 bits per heavy atom. The highest BCUT2D eigenvalue weighted by Gasteiger charge is 2.11. The standard InChI is InChI=1S/C20H17N5O2/c1-13-8-18(25(2)24-13)20(27)23-17-5-3-4-14(10-17)6-7-15-9-16(19(21)26)12-22-11-15/h3-5,8-12H,1-2H3,(H2,21,26)(H,23,27). The third-order valence-electron chi connectivity index (χ3n) is 3.73. The van der Waals surface area contributed by atoms with E-state index < -0.39 is 5.91 Å². The van der Waals surface area contributed by atoms with E-state index in [4.69, 9.17) is 5.73 Å². The molecule has 0 aliphatic carbocycles. The Balaban J connectivity index is 1.79. The maximum absolute atomic E-state index is 12.4. The lowest BCUT2D eigenvalue weighted by atomic mass is 10.1. The number of amides is 2. The van der Waals surface area contributed by atoms with E-state index in [0.29, 0.717) is 28.1 Å². The number of hydrogen-bond donors (Lipinski definition) is 2. The van der Waals surface area contributed by atoms with Crippen LogP contribution in [-0.2, 0) is 7.05 Å². The molecule has 2 aromatic heterocycles. The molecule has 0 unspecified atom stereocenters. The molecule has 7 heteroatoms. The van der Waals surface area contributed by atoms with Crippen LogP contribution in [0.5, 0.6) is 0 Å². The number of pyridine rings is 1. The van der Waals surface area contributed by atoms with Gasteiger partial charge in [-0.3, -0.25) is 19.3 Å². The first kappa shape index (κ1) is 17.9. The largest absolute Gasteiger partial charge is 0.366 e. The molecular weight excluding hydrogens is 342 g/mol. The highest BCUT2D eigenvalue weighted by atomic mass is 16.2. The fraction of sp³-hybridized carbons (Fsp3) is 0.100. The van der Waals surface area contributed by atoms with Crippen LogP contribution in [0.2, 0.25) is 0 Å². The third-order valence-corrected chi connectivity index (χ3v) is 3.73. The molecule has 1 aromatic carbocycles. The highest BCUT2D eigenvalue weighted by Crippen LogP contribution is 2.12. The molecule has 2 amide bonds. The van der Waals surface area contributed by atoms with Gasteiger partial charge in [-0.2, -0.15) is 5.10 Å². The van der Waals surface area contributed by atoms with Gasteiger partial charge in [0.05, 0.1) is 11.3 Å². The van der Waals surface area contributed by atoms with Gasteiger partial charge < -0.3 is 11.1 Å². The van der Waals surface area contributed by atoms with Crippen molar-refractivity contribution in [3.05, 3.63) is 76.9 Å². The molecule has 2 heterocycles. The number of nitrogens with zero attached hydrogens (tertiary/aromatic N) is 3. The van der Waals surface area contributed by atoms with Gasteiger partial charge in [-0.1, -0.05) is 17.9 Å². The van der Waals surface area contributed by atoms with Crippen LogP contribution in [0.15, 0.2) is 48.8 Å². The summed E-state index contributed by atoms with van der Waals surface area (Å²) in [5.74, 6) is 5.12. The second-order valence-electron chi connectivity index (χ2n) is 5.91. The van der Waals surface area contributed by atoms with Crippen molar-refractivity contribution in [2.24, 2.45) is 12.8 Å². The van der Waals surface area contributed by atoms with Gasteiger partial charge in [0.1, 0.15) is 5.69 Å². The SMILES string of the molecule is Cc1cc(C(=O)Nc2cccc(C#Cc3cncc(C(N)=O)c3)c2)n(C)n1. The molecule has 27 heavy (non-hydrogen) atoms. The number of carbonyl (C=O) groups excluding carboxylic acids is 2. The van der Waals surface area contributed by atoms with E-state index in [1.165, 1.54) is 10.9 Å².